The maximum Gasteiger partial charge on any atom is 0.419 e. The van der Waals surface area contributed by atoms with Crippen LogP contribution in [0.4, 0.5) is 0 Å². The molecule has 4 nitrogen and oxygen atoms in total. The third-order valence-electron chi connectivity index (χ3n) is 5.10. The first kappa shape index (κ1) is 16.3. The summed E-state index contributed by atoms with van der Waals surface area (Å²) in [6.45, 7) is 6.53. The van der Waals surface area contributed by atoms with Gasteiger partial charge in [-0.15, -0.1) is 0 Å². The molecule has 0 saturated carbocycles. The molecule has 1 aliphatic rings. The van der Waals surface area contributed by atoms with Crippen molar-refractivity contribution >= 4 is 11.1 Å². The van der Waals surface area contributed by atoms with E-state index in [0.29, 0.717) is 5.58 Å². The molecule has 0 atom stereocenters. The number of hydrogen-bond donors (Lipinski definition) is 0. The Labute approximate surface area is 138 Å². The first-order valence-electron chi connectivity index (χ1n) is 9.08. The SMILES string of the molecule is CCCCC1CCN(CCCn2c(=O)oc3ccccc32)CC1. The summed E-state index contributed by atoms with van der Waals surface area (Å²) in [5.74, 6) is 0.705. The smallest absolute Gasteiger partial charge is 0.408 e. The molecule has 1 aliphatic heterocycles. The lowest BCUT2D eigenvalue weighted by Gasteiger charge is -2.31. The number of unbranched alkanes of at least 4 members (excludes halogenated alkanes) is 1. The largest absolute Gasteiger partial charge is 0.419 e. The van der Waals surface area contributed by atoms with Crippen LogP contribution in [0.2, 0.25) is 0 Å². The topological polar surface area (TPSA) is 38.4 Å². The number of likely N-dealkylation sites (tertiary alicyclic amines) is 1. The van der Waals surface area contributed by atoms with Gasteiger partial charge in [0.2, 0.25) is 0 Å². The maximum absolute atomic E-state index is 11.9. The summed E-state index contributed by atoms with van der Waals surface area (Å²) in [4.78, 5) is 14.5. The number of benzene rings is 1. The molecule has 1 saturated heterocycles. The Bertz CT molecular complexity index is 665. The van der Waals surface area contributed by atoms with E-state index in [1.807, 2.05) is 24.3 Å². The molecule has 1 aromatic heterocycles. The number of aryl methyl sites for hydroxylation is 1. The first-order valence-corrected chi connectivity index (χ1v) is 9.08. The fourth-order valence-electron chi connectivity index (χ4n) is 3.67. The Kier molecular flexibility index (Phi) is 5.55. The van der Waals surface area contributed by atoms with Crippen LogP contribution in [-0.4, -0.2) is 29.1 Å². The lowest BCUT2D eigenvalue weighted by Crippen LogP contribution is -2.35. The number of para-hydroxylation sites is 2. The second-order valence-corrected chi connectivity index (χ2v) is 6.77. The fourth-order valence-corrected chi connectivity index (χ4v) is 3.67. The van der Waals surface area contributed by atoms with Crippen LogP contribution in [0.3, 0.4) is 0 Å². The van der Waals surface area contributed by atoms with E-state index in [4.69, 9.17) is 4.42 Å². The lowest BCUT2D eigenvalue weighted by atomic mass is 9.91. The van der Waals surface area contributed by atoms with Crippen LogP contribution in [-0.2, 0) is 6.54 Å². The van der Waals surface area contributed by atoms with E-state index in [9.17, 15) is 4.79 Å². The Balaban J connectivity index is 1.47. The normalized spacial score (nSPS) is 17.1. The van der Waals surface area contributed by atoms with E-state index in [1.54, 1.807) is 4.57 Å². The van der Waals surface area contributed by atoms with Crippen molar-refractivity contribution in [2.75, 3.05) is 19.6 Å². The number of nitrogens with zero attached hydrogens (tertiary/aromatic N) is 2. The van der Waals surface area contributed by atoms with Crippen LogP contribution >= 0.6 is 0 Å². The van der Waals surface area contributed by atoms with Gasteiger partial charge in [0.1, 0.15) is 0 Å². The van der Waals surface area contributed by atoms with Gasteiger partial charge in [-0.3, -0.25) is 4.57 Å². The van der Waals surface area contributed by atoms with Gasteiger partial charge in [0.15, 0.2) is 5.58 Å². The highest BCUT2D eigenvalue weighted by molar-refractivity contribution is 5.72. The summed E-state index contributed by atoms with van der Waals surface area (Å²) in [6.07, 6.45) is 7.78. The van der Waals surface area contributed by atoms with Gasteiger partial charge >= 0.3 is 5.76 Å². The van der Waals surface area contributed by atoms with Crippen molar-refractivity contribution in [1.82, 2.24) is 9.47 Å². The van der Waals surface area contributed by atoms with Crippen molar-refractivity contribution in [1.29, 1.82) is 0 Å². The van der Waals surface area contributed by atoms with Gasteiger partial charge in [-0.1, -0.05) is 38.3 Å². The van der Waals surface area contributed by atoms with E-state index in [-0.39, 0.29) is 5.76 Å². The minimum absolute atomic E-state index is 0.232. The second-order valence-electron chi connectivity index (χ2n) is 6.77. The number of hydrogen-bond acceptors (Lipinski definition) is 3. The highest BCUT2D eigenvalue weighted by atomic mass is 16.4. The highest BCUT2D eigenvalue weighted by Gasteiger charge is 2.18. The van der Waals surface area contributed by atoms with Gasteiger partial charge in [0, 0.05) is 6.54 Å². The molecule has 23 heavy (non-hydrogen) atoms. The molecule has 2 heterocycles. The lowest BCUT2D eigenvalue weighted by molar-refractivity contribution is 0.173. The Morgan fingerprint density at radius 2 is 1.91 bits per heavy atom. The van der Waals surface area contributed by atoms with E-state index < -0.39 is 0 Å². The fraction of sp³-hybridized carbons (Fsp3) is 0.632. The monoisotopic (exact) mass is 316 g/mol. The zero-order valence-electron chi connectivity index (χ0n) is 14.2. The molecule has 0 amide bonds. The molecule has 0 spiro atoms. The quantitative estimate of drug-likeness (QED) is 0.778. The number of rotatable bonds is 7. The van der Waals surface area contributed by atoms with Crippen molar-refractivity contribution in [3.8, 4) is 0 Å². The van der Waals surface area contributed by atoms with Crippen molar-refractivity contribution in [3.63, 3.8) is 0 Å². The molecule has 0 bridgehead atoms. The Morgan fingerprint density at radius 3 is 2.70 bits per heavy atom. The van der Waals surface area contributed by atoms with Crippen LogP contribution in [0.1, 0.15) is 45.4 Å². The number of aromatic nitrogens is 1. The maximum atomic E-state index is 11.9. The molecular weight excluding hydrogens is 288 g/mol. The van der Waals surface area contributed by atoms with Crippen LogP contribution in [0, 0.1) is 5.92 Å². The van der Waals surface area contributed by atoms with Gasteiger partial charge in [-0.2, -0.15) is 0 Å². The zero-order chi connectivity index (χ0) is 16.1. The third-order valence-corrected chi connectivity index (χ3v) is 5.10. The molecule has 0 radical (unpaired) electrons. The summed E-state index contributed by atoms with van der Waals surface area (Å²) in [5, 5.41) is 0. The molecule has 1 aromatic carbocycles. The van der Waals surface area contributed by atoms with E-state index in [0.717, 1.165) is 30.9 Å². The standard InChI is InChI=1S/C19H28N2O2/c1-2-3-7-16-10-14-20(15-11-16)12-6-13-21-17-8-4-5-9-18(17)23-19(21)22/h4-5,8-9,16H,2-3,6-7,10-15H2,1H3. The molecule has 0 aliphatic carbocycles. The molecule has 0 N–H and O–H groups in total. The molecule has 3 rings (SSSR count). The predicted octanol–water partition coefficient (Wildman–Crippen LogP) is 3.89. The summed E-state index contributed by atoms with van der Waals surface area (Å²) >= 11 is 0. The van der Waals surface area contributed by atoms with Crippen molar-refractivity contribution in [2.24, 2.45) is 5.92 Å². The average Bonchev–Trinajstić information content (AvgIpc) is 2.90. The molecule has 2 aromatic rings. The summed E-state index contributed by atoms with van der Waals surface area (Å²) in [7, 11) is 0. The van der Waals surface area contributed by atoms with Crippen molar-refractivity contribution < 1.29 is 4.42 Å². The minimum Gasteiger partial charge on any atom is -0.408 e. The van der Waals surface area contributed by atoms with Crippen molar-refractivity contribution in [3.05, 3.63) is 34.8 Å². The van der Waals surface area contributed by atoms with E-state index in [1.165, 1.54) is 45.2 Å². The first-order chi connectivity index (χ1) is 11.3. The Hall–Kier alpha value is -1.55. The predicted molar refractivity (Wildman–Crippen MR) is 93.8 cm³/mol. The number of fused-ring (bicyclic) bond motifs is 1. The van der Waals surface area contributed by atoms with Crippen LogP contribution in [0.15, 0.2) is 33.5 Å². The number of piperidine rings is 1. The van der Waals surface area contributed by atoms with Gasteiger partial charge in [-0.05, 0) is 56.9 Å². The molecule has 4 heteroatoms. The second kappa shape index (κ2) is 7.82. The minimum atomic E-state index is -0.232. The van der Waals surface area contributed by atoms with Crippen LogP contribution in [0.25, 0.3) is 11.1 Å². The van der Waals surface area contributed by atoms with E-state index in [2.05, 4.69) is 11.8 Å². The third kappa shape index (κ3) is 4.05. The molecular formula is C19H28N2O2. The van der Waals surface area contributed by atoms with Gasteiger partial charge in [-0.25, -0.2) is 4.79 Å². The average molecular weight is 316 g/mol. The summed E-state index contributed by atoms with van der Waals surface area (Å²) < 4.78 is 7.05. The van der Waals surface area contributed by atoms with Crippen molar-refractivity contribution in [2.45, 2.75) is 52.0 Å². The zero-order valence-corrected chi connectivity index (χ0v) is 14.2. The van der Waals surface area contributed by atoms with Gasteiger partial charge < -0.3 is 9.32 Å². The number of oxazole rings is 1. The van der Waals surface area contributed by atoms with Gasteiger partial charge in [0.05, 0.1) is 5.52 Å². The van der Waals surface area contributed by atoms with E-state index >= 15 is 0 Å². The summed E-state index contributed by atoms with van der Waals surface area (Å²) in [6, 6.07) is 7.67. The Morgan fingerprint density at radius 1 is 1.13 bits per heavy atom. The van der Waals surface area contributed by atoms with Crippen LogP contribution < -0.4 is 5.76 Å². The summed E-state index contributed by atoms with van der Waals surface area (Å²) in [5.41, 5.74) is 1.60. The molecule has 0 unspecified atom stereocenters. The van der Waals surface area contributed by atoms with Gasteiger partial charge in [0.25, 0.3) is 0 Å². The molecule has 126 valence electrons. The van der Waals surface area contributed by atoms with Crippen LogP contribution in [0.5, 0.6) is 0 Å². The molecule has 1 fully saturated rings. The highest BCUT2D eigenvalue weighted by Crippen LogP contribution is 2.22.